The second-order valence-corrected chi connectivity index (χ2v) is 4.64. The average molecular weight is 290 g/mol. The van der Waals surface area contributed by atoms with Gasteiger partial charge in [-0.3, -0.25) is 4.79 Å². The summed E-state index contributed by atoms with van der Waals surface area (Å²) in [6, 6.07) is 2.91. The minimum absolute atomic E-state index is 0.00363. The number of alkyl halides is 3. The summed E-state index contributed by atoms with van der Waals surface area (Å²) >= 11 is 5.55. The number of anilines is 1. The van der Waals surface area contributed by atoms with Crippen molar-refractivity contribution >= 4 is 23.2 Å². The van der Waals surface area contributed by atoms with E-state index in [0.717, 1.165) is 12.0 Å². The first-order valence-electron chi connectivity index (χ1n) is 5.79. The normalized spacial score (nSPS) is 19.2. The number of rotatable bonds is 1. The lowest BCUT2D eigenvalue weighted by molar-refractivity contribution is -0.286. The van der Waals surface area contributed by atoms with Gasteiger partial charge < -0.3 is 14.4 Å². The van der Waals surface area contributed by atoms with Gasteiger partial charge in [0.05, 0.1) is 5.69 Å². The standard InChI is InChI=1S/C12H10ClF2NO3/c13-6-11(17)16-3-1-2-7-4-9-10(5-8(7)16)19-12(14,15)18-9/h4-5H,1-3,6H2. The van der Waals surface area contributed by atoms with Crippen molar-refractivity contribution in [3.63, 3.8) is 0 Å². The second kappa shape index (κ2) is 4.23. The summed E-state index contributed by atoms with van der Waals surface area (Å²) in [7, 11) is 0. The minimum Gasteiger partial charge on any atom is -0.395 e. The van der Waals surface area contributed by atoms with E-state index in [0.29, 0.717) is 18.7 Å². The molecule has 19 heavy (non-hydrogen) atoms. The molecule has 4 nitrogen and oxygen atoms in total. The quantitative estimate of drug-likeness (QED) is 0.746. The summed E-state index contributed by atoms with van der Waals surface area (Å²) < 4.78 is 34.8. The molecular formula is C12H10ClF2NO3. The lowest BCUT2D eigenvalue weighted by Crippen LogP contribution is -2.36. The first-order chi connectivity index (χ1) is 9.00. The van der Waals surface area contributed by atoms with Crippen molar-refractivity contribution < 1.29 is 23.0 Å². The maximum atomic E-state index is 13.0. The van der Waals surface area contributed by atoms with Gasteiger partial charge in [0.25, 0.3) is 0 Å². The van der Waals surface area contributed by atoms with Gasteiger partial charge in [0.15, 0.2) is 11.5 Å². The Labute approximate surface area is 112 Å². The molecule has 102 valence electrons. The van der Waals surface area contributed by atoms with E-state index in [9.17, 15) is 13.6 Å². The number of benzene rings is 1. The Balaban J connectivity index is 2.03. The third-order valence-corrected chi connectivity index (χ3v) is 3.37. The van der Waals surface area contributed by atoms with E-state index in [4.69, 9.17) is 11.6 Å². The fourth-order valence-electron chi connectivity index (χ4n) is 2.36. The highest BCUT2D eigenvalue weighted by molar-refractivity contribution is 6.29. The molecule has 0 bridgehead atoms. The number of halogens is 3. The third kappa shape index (κ3) is 2.10. The van der Waals surface area contributed by atoms with Crippen LogP contribution in [-0.4, -0.2) is 24.6 Å². The molecule has 0 radical (unpaired) electrons. The molecule has 0 unspecified atom stereocenters. The molecular weight excluding hydrogens is 280 g/mol. The van der Waals surface area contributed by atoms with Gasteiger partial charge in [-0.05, 0) is 24.5 Å². The largest absolute Gasteiger partial charge is 0.586 e. The van der Waals surface area contributed by atoms with Gasteiger partial charge in [-0.2, -0.15) is 0 Å². The molecule has 1 amide bonds. The first-order valence-corrected chi connectivity index (χ1v) is 6.33. The number of fused-ring (bicyclic) bond motifs is 2. The van der Waals surface area contributed by atoms with Crippen LogP contribution in [0.3, 0.4) is 0 Å². The molecule has 2 aliphatic heterocycles. The summed E-state index contributed by atoms with van der Waals surface area (Å²) in [6.45, 7) is 0.522. The highest BCUT2D eigenvalue weighted by Crippen LogP contribution is 2.45. The molecule has 0 spiro atoms. The maximum absolute atomic E-state index is 13.0. The summed E-state index contributed by atoms with van der Waals surface area (Å²) in [5.41, 5.74) is 1.35. The molecule has 0 saturated carbocycles. The molecule has 0 saturated heterocycles. The van der Waals surface area contributed by atoms with Crippen molar-refractivity contribution in [1.29, 1.82) is 0 Å². The lowest BCUT2D eigenvalue weighted by atomic mass is 10.0. The predicted molar refractivity (Wildman–Crippen MR) is 64.0 cm³/mol. The Bertz CT molecular complexity index is 550. The number of hydrogen-bond acceptors (Lipinski definition) is 3. The van der Waals surface area contributed by atoms with Crippen molar-refractivity contribution in [1.82, 2.24) is 0 Å². The van der Waals surface area contributed by atoms with E-state index in [-0.39, 0.29) is 23.3 Å². The summed E-state index contributed by atoms with van der Waals surface area (Å²) in [6.07, 6.45) is -2.19. The summed E-state index contributed by atoms with van der Waals surface area (Å²) in [5, 5.41) is 0. The van der Waals surface area contributed by atoms with Crippen LogP contribution in [0.1, 0.15) is 12.0 Å². The molecule has 2 aliphatic rings. The number of amides is 1. The zero-order valence-corrected chi connectivity index (χ0v) is 10.5. The SMILES string of the molecule is O=C(CCl)N1CCCc2cc3c(cc21)OC(F)(F)O3. The first kappa shape index (κ1) is 12.5. The van der Waals surface area contributed by atoms with E-state index in [1.807, 2.05) is 0 Å². The molecule has 0 aromatic heterocycles. The number of ether oxygens (including phenoxy) is 2. The molecule has 1 aromatic rings. The minimum atomic E-state index is -3.65. The van der Waals surface area contributed by atoms with Crippen molar-refractivity contribution in [3.8, 4) is 11.5 Å². The van der Waals surface area contributed by atoms with Crippen molar-refractivity contribution in [2.24, 2.45) is 0 Å². The van der Waals surface area contributed by atoms with Crippen LogP contribution in [-0.2, 0) is 11.2 Å². The highest BCUT2D eigenvalue weighted by Gasteiger charge is 2.44. The zero-order chi connectivity index (χ0) is 13.6. The number of hydrogen-bond donors (Lipinski definition) is 0. The molecule has 0 N–H and O–H groups in total. The number of carbonyl (C=O) groups excluding carboxylic acids is 1. The second-order valence-electron chi connectivity index (χ2n) is 4.38. The van der Waals surface area contributed by atoms with Gasteiger partial charge in [0.1, 0.15) is 5.88 Å². The van der Waals surface area contributed by atoms with Crippen LogP contribution in [0.15, 0.2) is 12.1 Å². The Morgan fingerprint density at radius 3 is 2.74 bits per heavy atom. The van der Waals surface area contributed by atoms with Gasteiger partial charge in [-0.1, -0.05) is 0 Å². The Kier molecular flexibility index (Phi) is 2.78. The van der Waals surface area contributed by atoms with Crippen LogP contribution < -0.4 is 14.4 Å². The number of carbonyl (C=O) groups is 1. The third-order valence-electron chi connectivity index (χ3n) is 3.14. The van der Waals surface area contributed by atoms with Gasteiger partial charge in [-0.25, -0.2) is 0 Å². The van der Waals surface area contributed by atoms with E-state index in [2.05, 4.69) is 9.47 Å². The maximum Gasteiger partial charge on any atom is 0.586 e. The van der Waals surface area contributed by atoms with E-state index in [1.165, 1.54) is 17.0 Å². The predicted octanol–water partition coefficient (Wildman–Crippen LogP) is 2.53. The fraction of sp³-hybridized carbons (Fsp3) is 0.417. The smallest absolute Gasteiger partial charge is 0.395 e. The van der Waals surface area contributed by atoms with Crippen LogP contribution in [0.25, 0.3) is 0 Å². The topological polar surface area (TPSA) is 38.8 Å². The summed E-state index contributed by atoms with van der Waals surface area (Å²) in [5.74, 6) is -0.459. The van der Waals surface area contributed by atoms with Crippen LogP contribution in [0, 0.1) is 0 Å². The molecule has 3 rings (SSSR count). The van der Waals surface area contributed by atoms with Crippen LogP contribution in [0.5, 0.6) is 11.5 Å². The van der Waals surface area contributed by atoms with E-state index in [1.54, 1.807) is 0 Å². The van der Waals surface area contributed by atoms with Gasteiger partial charge >= 0.3 is 6.29 Å². The molecule has 7 heteroatoms. The number of nitrogens with zero attached hydrogens (tertiary/aromatic N) is 1. The van der Waals surface area contributed by atoms with Gasteiger partial charge in [0, 0.05) is 12.6 Å². The molecule has 1 aromatic carbocycles. The fourth-order valence-corrected chi connectivity index (χ4v) is 2.50. The average Bonchev–Trinajstić information content (AvgIpc) is 2.67. The molecule has 0 fully saturated rings. The lowest BCUT2D eigenvalue weighted by Gasteiger charge is -2.29. The van der Waals surface area contributed by atoms with Gasteiger partial charge in [0.2, 0.25) is 5.91 Å². The summed E-state index contributed by atoms with van der Waals surface area (Å²) in [4.78, 5) is 13.2. The Hall–Kier alpha value is -1.56. The van der Waals surface area contributed by atoms with E-state index < -0.39 is 6.29 Å². The Morgan fingerprint density at radius 2 is 2.05 bits per heavy atom. The highest BCUT2D eigenvalue weighted by atomic mass is 35.5. The molecule has 2 heterocycles. The van der Waals surface area contributed by atoms with Crippen molar-refractivity contribution in [3.05, 3.63) is 17.7 Å². The monoisotopic (exact) mass is 289 g/mol. The molecule has 0 aliphatic carbocycles. The van der Waals surface area contributed by atoms with Crippen molar-refractivity contribution in [2.45, 2.75) is 19.1 Å². The van der Waals surface area contributed by atoms with Crippen LogP contribution >= 0.6 is 11.6 Å². The van der Waals surface area contributed by atoms with Crippen LogP contribution in [0.4, 0.5) is 14.5 Å². The zero-order valence-electron chi connectivity index (χ0n) is 9.79. The molecule has 0 atom stereocenters. The Morgan fingerprint density at radius 1 is 1.37 bits per heavy atom. The number of aryl methyl sites for hydroxylation is 1. The van der Waals surface area contributed by atoms with E-state index >= 15 is 0 Å². The van der Waals surface area contributed by atoms with Crippen molar-refractivity contribution in [2.75, 3.05) is 17.3 Å². The van der Waals surface area contributed by atoms with Gasteiger partial charge in [-0.15, -0.1) is 20.4 Å². The van der Waals surface area contributed by atoms with Crippen LogP contribution in [0.2, 0.25) is 0 Å².